The summed E-state index contributed by atoms with van der Waals surface area (Å²) < 4.78 is 2.28. The van der Waals surface area contributed by atoms with Crippen LogP contribution in [0.3, 0.4) is 0 Å². The van der Waals surface area contributed by atoms with Crippen LogP contribution in [0.5, 0.6) is 0 Å². The molecule has 3 heterocycles. The van der Waals surface area contributed by atoms with E-state index in [1.165, 1.54) is 5.39 Å². The largest absolute Gasteiger partial charge is 0.349 e. The van der Waals surface area contributed by atoms with E-state index in [4.69, 9.17) is 0 Å². The number of hydrogen-bond acceptors (Lipinski definition) is 3. The molecule has 1 fully saturated rings. The number of rotatable bonds is 3. The molecule has 0 aliphatic heterocycles. The molecule has 3 aromatic heterocycles. The predicted octanol–water partition coefficient (Wildman–Crippen LogP) is 2.67. The summed E-state index contributed by atoms with van der Waals surface area (Å²) in [7, 11) is 0. The van der Waals surface area contributed by atoms with Gasteiger partial charge in [0.15, 0.2) is 0 Å². The van der Waals surface area contributed by atoms with Crippen LogP contribution >= 0.6 is 0 Å². The first-order chi connectivity index (χ1) is 11.3. The number of amides is 1. The third-order valence-corrected chi connectivity index (χ3v) is 4.66. The summed E-state index contributed by atoms with van der Waals surface area (Å²) in [6.45, 7) is 0. The molecule has 1 amide bonds. The Labute approximate surface area is 133 Å². The van der Waals surface area contributed by atoms with Gasteiger partial charge in [-0.25, -0.2) is 4.98 Å². The molecule has 2 N–H and O–H groups in total. The first-order valence-corrected chi connectivity index (χ1v) is 8.02. The summed E-state index contributed by atoms with van der Waals surface area (Å²) in [6, 6.07) is 6.88. The van der Waals surface area contributed by atoms with Gasteiger partial charge in [0, 0.05) is 36.1 Å². The SMILES string of the molecule is O=C(NC1CCC(n2ccc3cccnc32)CC1)c1cn[nH]c1. The van der Waals surface area contributed by atoms with E-state index >= 15 is 0 Å². The second-order valence-electron chi connectivity index (χ2n) is 6.11. The number of nitrogens with one attached hydrogen (secondary N) is 2. The summed E-state index contributed by atoms with van der Waals surface area (Å²) in [4.78, 5) is 16.6. The summed E-state index contributed by atoms with van der Waals surface area (Å²) in [6.07, 6.45) is 11.2. The molecule has 1 aliphatic rings. The highest BCUT2D eigenvalue weighted by Crippen LogP contribution is 2.31. The number of fused-ring (bicyclic) bond motifs is 1. The van der Waals surface area contributed by atoms with Crippen LogP contribution in [0.4, 0.5) is 0 Å². The smallest absolute Gasteiger partial charge is 0.254 e. The van der Waals surface area contributed by atoms with Crippen molar-refractivity contribution >= 4 is 16.9 Å². The van der Waals surface area contributed by atoms with Crippen LogP contribution in [-0.4, -0.2) is 31.7 Å². The Morgan fingerprint density at radius 2 is 2.13 bits per heavy atom. The number of carbonyl (C=O) groups excluding carboxylic acids is 1. The van der Waals surface area contributed by atoms with Gasteiger partial charge in [-0.3, -0.25) is 9.89 Å². The van der Waals surface area contributed by atoms with E-state index in [0.717, 1.165) is 31.3 Å². The van der Waals surface area contributed by atoms with Gasteiger partial charge in [0.25, 0.3) is 5.91 Å². The van der Waals surface area contributed by atoms with Gasteiger partial charge in [-0.05, 0) is 43.9 Å². The Kier molecular flexibility index (Phi) is 3.57. The number of H-pyrrole nitrogens is 1. The van der Waals surface area contributed by atoms with Gasteiger partial charge in [0.05, 0.1) is 11.8 Å². The third-order valence-electron chi connectivity index (χ3n) is 4.66. The molecule has 1 aliphatic carbocycles. The lowest BCUT2D eigenvalue weighted by molar-refractivity contribution is 0.0923. The highest BCUT2D eigenvalue weighted by molar-refractivity contribution is 5.93. The molecule has 0 atom stereocenters. The first-order valence-electron chi connectivity index (χ1n) is 8.02. The minimum atomic E-state index is -0.0460. The molecular weight excluding hydrogens is 290 g/mol. The second-order valence-corrected chi connectivity index (χ2v) is 6.11. The minimum Gasteiger partial charge on any atom is -0.349 e. The van der Waals surface area contributed by atoms with Gasteiger partial charge in [-0.1, -0.05) is 0 Å². The van der Waals surface area contributed by atoms with E-state index in [1.54, 1.807) is 12.4 Å². The molecule has 0 radical (unpaired) electrons. The molecule has 118 valence electrons. The zero-order valence-electron chi connectivity index (χ0n) is 12.8. The average Bonchev–Trinajstić information content (AvgIpc) is 3.25. The molecule has 0 aromatic carbocycles. The molecule has 6 nitrogen and oxygen atoms in total. The lowest BCUT2D eigenvalue weighted by Gasteiger charge is -2.30. The Morgan fingerprint density at radius 3 is 2.91 bits per heavy atom. The zero-order chi connectivity index (χ0) is 15.6. The Hall–Kier alpha value is -2.63. The van der Waals surface area contributed by atoms with Crippen molar-refractivity contribution in [2.45, 2.75) is 37.8 Å². The van der Waals surface area contributed by atoms with Gasteiger partial charge in [0.1, 0.15) is 5.65 Å². The van der Waals surface area contributed by atoms with Gasteiger partial charge < -0.3 is 9.88 Å². The lowest BCUT2D eigenvalue weighted by Crippen LogP contribution is -2.37. The van der Waals surface area contributed by atoms with Crippen molar-refractivity contribution in [2.24, 2.45) is 0 Å². The van der Waals surface area contributed by atoms with E-state index in [1.807, 2.05) is 12.3 Å². The fourth-order valence-electron chi connectivity index (χ4n) is 3.42. The summed E-state index contributed by atoms with van der Waals surface area (Å²) in [5.74, 6) is -0.0460. The van der Waals surface area contributed by atoms with Crippen molar-refractivity contribution in [1.82, 2.24) is 25.1 Å². The van der Waals surface area contributed by atoms with E-state index in [-0.39, 0.29) is 11.9 Å². The summed E-state index contributed by atoms with van der Waals surface area (Å²) >= 11 is 0. The van der Waals surface area contributed by atoms with Gasteiger partial charge in [0.2, 0.25) is 0 Å². The van der Waals surface area contributed by atoms with Crippen molar-refractivity contribution < 1.29 is 4.79 Å². The fourth-order valence-corrected chi connectivity index (χ4v) is 3.42. The highest BCUT2D eigenvalue weighted by Gasteiger charge is 2.24. The standard InChI is InChI=1S/C17H19N5O/c23-17(13-10-19-20-11-13)21-14-3-5-15(6-4-14)22-9-7-12-2-1-8-18-16(12)22/h1-2,7-11,14-15H,3-6H2,(H,19,20)(H,21,23). The fraction of sp³-hybridized carbons (Fsp3) is 0.353. The van der Waals surface area contributed by atoms with Crippen molar-refractivity contribution in [2.75, 3.05) is 0 Å². The van der Waals surface area contributed by atoms with Crippen molar-refractivity contribution in [3.63, 3.8) is 0 Å². The Morgan fingerprint density at radius 1 is 1.26 bits per heavy atom. The van der Waals surface area contributed by atoms with E-state index in [2.05, 4.69) is 43.4 Å². The number of aromatic nitrogens is 4. The minimum absolute atomic E-state index is 0.0460. The normalized spacial score (nSPS) is 21.4. The van der Waals surface area contributed by atoms with Crippen LogP contribution < -0.4 is 5.32 Å². The predicted molar refractivity (Wildman–Crippen MR) is 87.1 cm³/mol. The molecule has 3 aromatic rings. The van der Waals surface area contributed by atoms with Gasteiger partial charge in [-0.15, -0.1) is 0 Å². The molecule has 0 unspecified atom stereocenters. The number of carbonyl (C=O) groups is 1. The third kappa shape index (κ3) is 2.72. The lowest BCUT2D eigenvalue weighted by atomic mass is 9.91. The molecule has 1 saturated carbocycles. The monoisotopic (exact) mass is 309 g/mol. The molecule has 23 heavy (non-hydrogen) atoms. The number of hydrogen-bond donors (Lipinski definition) is 2. The maximum Gasteiger partial charge on any atom is 0.254 e. The topological polar surface area (TPSA) is 75.6 Å². The van der Waals surface area contributed by atoms with Crippen LogP contribution in [0.15, 0.2) is 43.0 Å². The summed E-state index contributed by atoms with van der Waals surface area (Å²) in [5.41, 5.74) is 1.64. The van der Waals surface area contributed by atoms with E-state index in [9.17, 15) is 4.79 Å². The Balaban J connectivity index is 1.40. The zero-order valence-corrected chi connectivity index (χ0v) is 12.8. The Bertz CT molecular complexity index is 799. The molecular formula is C17H19N5O. The number of nitrogens with zero attached hydrogens (tertiary/aromatic N) is 3. The van der Waals surface area contributed by atoms with Gasteiger partial charge in [-0.2, -0.15) is 5.10 Å². The van der Waals surface area contributed by atoms with Crippen LogP contribution in [0.25, 0.3) is 11.0 Å². The maximum atomic E-state index is 12.1. The van der Waals surface area contributed by atoms with Crippen molar-refractivity contribution in [1.29, 1.82) is 0 Å². The second kappa shape index (κ2) is 5.87. The highest BCUT2D eigenvalue weighted by atomic mass is 16.1. The van der Waals surface area contributed by atoms with Crippen LogP contribution in [0.1, 0.15) is 42.1 Å². The number of pyridine rings is 1. The van der Waals surface area contributed by atoms with E-state index in [0.29, 0.717) is 11.6 Å². The molecule has 0 bridgehead atoms. The van der Waals surface area contributed by atoms with Crippen LogP contribution in [0, 0.1) is 0 Å². The first kappa shape index (κ1) is 14.0. The average molecular weight is 309 g/mol. The molecule has 0 saturated heterocycles. The van der Waals surface area contributed by atoms with Crippen molar-refractivity contribution in [3.8, 4) is 0 Å². The van der Waals surface area contributed by atoms with Crippen LogP contribution in [0.2, 0.25) is 0 Å². The molecule has 4 rings (SSSR count). The maximum absolute atomic E-state index is 12.1. The van der Waals surface area contributed by atoms with Crippen molar-refractivity contribution in [3.05, 3.63) is 48.5 Å². The summed E-state index contributed by atoms with van der Waals surface area (Å²) in [5, 5.41) is 10.8. The van der Waals surface area contributed by atoms with Crippen LogP contribution in [-0.2, 0) is 0 Å². The molecule has 6 heteroatoms. The number of aromatic amines is 1. The van der Waals surface area contributed by atoms with E-state index < -0.39 is 0 Å². The van der Waals surface area contributed by atoms with Gasteiger partial charge >= 0.3 is 0 Å². The molecule has 0 spiro atoms. The quantitative estimate of drug-likeness (QED) is 0.781.